The Morgan fingerprint density at radius 2 is 2.07 bits per heavy atom. The summed E-state index contributed by atoms with van der Waals surface area (Å²) in [6.45, 7) is 1.82. The van der Waals surface area contributed by atoms with Crippen LogP contribution < -0.4 is 10.4 Å². The molecule has 0 aliphatic heterocycles. The van der Waals surface area contributed by atoms with Gasteiger partial charge in [-0.15, -0.1) is 15.3 Å². The first kappa shape index (κ1) is 16.9. The van der Waals surface area contributed by atoms with E-state index >= 15 is 0 Å². The third kappa shape index (κ3) is 2.83. The average molecular weight is 411 g/mol. The lowest BCUT2D eigenvalue weighted by Gasteiger charge is -2.09. The predicted molar refractivity (Wildman–Crippen MR) is 106 cm³/mol. The summed E-state index contributed by atoms with van der Waals surface area (Å²) < 4.78 is 12.7. The number of benzene rings is 1. The van der Waals surface area contributed by atoms with E-state index in [1.54, 1.807) is 40.1 Å². The van der Waals surface area contributed by atoms with E-state index < -0.39 is 5.63 Å². The molecule has 0 unspecified atom stereocenters. The molecular formula is C19H11ClN4O3S. The lowest BCUT2D eigenvalue weighted by Crippen LogP contribution is -1.99. The Morgan fingerprint density at radius 3 is 2.89 bits per heavy atom. The molecule has 138 valence electrons. The van der Waals surface area contributed by atoms with E-state index in [0.29, 0.717) is 33.7 Å². The van der Waals surface area contributed by atoms with Crippen molar-refractivity contribution in [1.29, 1.82) is 0 Å². The first-order chi connectivity index (χ1) is 13.6. The second kappa shape index (κ2) is 6.43. The Labute approximate surface area is 166 Å². The zero-order chi connectivity index (χ0) is 19.3. The molecule has 9 heteroatoms. The zero-order valence-corrected chi connectivity index (χ0v) is 16.0. The van der Waals surface area contributed by atoms with Crippen molar-refractivity contribution >= 4 is 39.6 Å². The van der Waals surface area contributed by atoms with Crippen molar-refractivity contribution in [2.75, 3.05) is 0 Å². The van der Waals surface area contributed by atoms with Gasteiger partial charge >= 0.3 is 5.63 Å². The second-order valence-corrected chi connectivity index (χ2v) is 7.29. The smallest absolute Gasteiger partial charge is 0.336 e. The minimum absolute atomic E-state index is 0.306. The number of rotatable bonds is 3. The van der Waals surface area contributed by atoms with Crippen molar-refractivity contribution in [3.8, 4) is 23.0 Å². The molecule has 0 bridgehead atoms. The maximum Gasteiger partial charge on any atom is 0.336 e. The molecule has 0 saturated heterocycles. The molecule has 5 rings (SSSR count). The lowest BCUT2D eigenvalue weighted by atomic mass is 10.1. The van der Waals surface area contributed by atoms with E-state index in [1.165, 1.54) is 6.07 Å². The van der Waals surface area contributed by atoms with Gasteiger partial charge in [0, 0.05) is 34.5 Å². The highest BCUT2D eigenvalue weighted by atomic mass is 35.5. The van der Waals surface area contributed by atoms with Gasteiger partial charge in [0.25, 0.3) is 0 Å². The molecule has 0 spiro atoms. The minimum Gasteiger partial charge on any atom is -0.436 e. The quantitative estimate of drug-likeness (QED) is 0.400. The highest BCUT2D eigenvalue weighted by Crippen LogP contribution is 2.33. The van der Waals surface area contributed by atoms with Crippen LogP contribution in [0.4, 0.5) is 0 Å². The molecule has 0 radical (unpaired) electrons. The van der Waals surface area contributed by atoms with Gasteiger partial charge < -0.3 is 9.15 Å². The van der Waals surface area contributed by atoms with Gasteiger partial charge in [-0.2, -0.15) is 15.9 Å². The normalized spacial score (nSPS) is 11.4. The van der Waals surface area contributed by atoms with Crippen LogP contribution in [-0.4, -0.2) is 19.8 Å². The Hall–Kier alpha value is -3.23. The molecule has 5 aromatic rings. The van der Waals surface area contributed by atoms with E-state index in [-0.39, 0.29) is 0 Å². The van der Waals surface area contributed by atoms with Gasteiger partial charge in [-0.05, 0) is 36.1 Å². The van der Waals surface area contributed by atoms with E-state index in [9.17, 15) is 4.79 Å². The van der Waals surface area contributed by atoms with Crippen molar-refractivity contribution in [2.45, 2.75) is 6.92 Å². The molecule has 1 aromatic carbocycles. The molecule has 4 aromatic heterocycles. The van der Waals surface area contributed by atoms with Gasteiger partial charge in [0.15, 0.2) is 17.2 Å². The summed E-state index contributed by atoms with van der Waals surface area (Å²) in [5.41, 5.74) is 2.27. The van der Waals surface area contributed by atoms with E-state index in [0.717, 1.165) is 16.5 Å². The first-order valence-electron chi connectivity index (χ1n) is 8.25. The summed E-state index contributed by atoms with van der Waals surface area (Å²) in [6.07, 6.45) is 0. The van der Waals surface area contributed by atoms with Crippen LogP contribution in [0.15, 0.2) is 56.4 Å². The summed E-state index contributed by atoms with van der Waals surface area (Å²) >= 11 is 7.94. The molecule has 0 fully saturated rings. The number of aryl methyl sites for hydroxylation is 1. The first-order valence-corrected chi connectivity index (χ1v) is 9.57. The van der Waals surface area contributed by atoms with Crippen molar-refractivity contribution in [1.82, 2.24) is 19.8 Å². The number of halogens is 1. The molecule has 28 heavy (non-hydrogen) atoms. The third-order valence-corrected chi connectivity index (χ3v) is 5.21. The van der Waals surface area contributed by atoms with Crippen LogP contribution in [0.1, 0.15) is 5.56 Å². The van der Waals surface area contributed by atoms with Gasteiger partial charge in [0.1, 0.15) is 5.58 Å². The maximum atomic E-state index is 11.7. The average Bonchev–Trinajstić information content (AvgIpc) is 3.32. The van der Waals surface area contributed by atoms with Crippen molar-refractivity contribution < 1.29 is 9.15 Å². The monoisotopic (exact) mass is 410 g/mol. The SMILES string of the molecule is Cc1cc(=O)oc2cc(Oc3ccc4nnc(-c5ccsc5)n4n3)c(Cl)cc12. The van der Waals surface area contributed by atoms with Crippen LogP contribution in [0, 0.1) is 6.92 Å². The second-order valence-electron chi connectivity index (χ2n) is 6.11. The number of hydrogen-bond acceptors (Lipinski definition) is 7. The summed E-state index contributed by atoms with van der Waals surface area (Å²) in [5.74, 6) is 1.26. The van der Waals surface area contributed by atoms with E-state index in [1.807, 2.05) is 23.8 Å². The third-order valence-electron chi connectivity index (χ3n) is 4.24. The Bertz CT molecular complexity index is 1390. The number of aromatic nitrogens is 4. The minimum atomic E-state index is -0.428. The van der Waals surface area contributed by atoms with E-state index in [4.69, 9.17) is 20.8 Å². The molecule has 0 saturated carbocycles. The summed E-state index contributed by atoms with van der Waals surface area (Å²) in [5, 5.41) is 17.8. The van der Waals surface area contributed by atoms with Gasteiger partial charge in [-0.1, -0.05) is 11.6 Å². The summed E-state index contributed by atoms with van der Waals surface area (Å²) in [6, 6.07) is 10.1. The standard InChI is InChI=1S/C19H11ClN4O3S/c1-10-6-18(25)27-14-8-15(13(20)7-12(10)14)26-17-3-2-16-21-22-19(24(16)23-17)11-4-5-28-9-11/h2-9H,1H3. The molecule has 4 heterocycles. The summed E-state index contributed by atoms with van der Waals surface area (Å²) in [7, 11) is 0. The van der Waals surface area contributed by atoms with Crippen LogP contribution in [0.3, 0.4) is 0 Å². The lowest BCUT2D eigenvalue weighted by molar-refractivity contribution is 0.451. The van der Waals surface area contributed by atoms with Gasteiger partial charge in [0.2, 0.25) is 5.88 Å². The fraction of sp³-hybridized carbons (Fsp3) is 0.0526. The predicted octanol–water partition coefficient (Wildman–Crippen LogP) is 4.71. The topological polar surface area (TPSA) is 82.5 Å². The van der Waals surface area contributed by atoms with Crippen molar-refractivity contribution in [3.63, 3.8) is 0 Å². The summed E-state index contributed by atoms with van der Waals surface area (Å²) in [4.78, 5) is 11.7. The molecule has 0 aliphatic carbocycles. The van der Waals surface area contributed by atoms with Crippen molar-refractivity contribution in [3.05, 3.63) is 68.2 Å². The van der Waals surface area contributed by atoms with Crippen LogP contribution in [0.2, 0.25) is 5.02 Å². The number of thiophene rings is 1. The zero-order valence-electron chi connectivity index (χ0n) is 14.4. The number of hydrogen-bond donors (Lipinski definition) is 0. The molecule has 0 amide bonds. The Balaban J connectivity index is 1.59. The molecule has 0 aliphatic rings. The molecule has 0 atom stereocenters. The Kier molecular flexibility index (Phi) is 3.88. The molecular weight excluding hydrogens is 400 g/mol. The highest BCUT2D eigenvalue weighted by Gasteiger charge is 2.14. The van der Waals surface area contributed by atoms with Gasteiger partial charge in [-0.3, -0.25) is 0 Å². The maximum absolute atomic E-state index is 11.7. The van der Waals surface area contributed by atoms with Crippen LogP contribution in [-0.2, 0) is 0 Å². The number of fused-ring (bicyclic) bond motifs is 2. The number of nitrogens with zero attached hydrogens (tertiary/aromatic N) is 4. The highest BCUT2D eigenvalue weighted by molar-refractivity contribution is 7.08. The van der Waals surface area contributed by atoms with Crippen molar-refractivity contribution in [2.24, 2.45) is 0 Å². The van der Waals surface area contributed by atoms with Gasteiger partial charge in [0.05, 0.1) is 5.02 Å². The van der Waals surface area contributed by atoms with Crippen LogP contribution in [0.5, 0.6) is 11.6 Å². The van der Waals surface area contributed by atoms with Crippen LogP contribution in [0.25, 0.3) is 28.0 Å². The molecule has 7 nitrogen and oxygen atoms in total. The van der Waals surface area contributed by atoms with Gasteiger partial charge in [-0.25, -0.2) is 4.79 Å². The van der Waals surface area contributed by atoms with Crippen LogP contribution >= 0.6 is 22.9 Å². The Morgan fingerprint density at radius 1 is 1.18 bits per heavy atom. The largest absolute Gasteiger partial charge is 0.436 e. The van der Waals surface area contributed by atoms with E-state index in [2.05, 4.69) is 15.3 Å². The number of ether oxygens (including phenoxy) is 1. The molecule has 0 N–H and O–H groups in total. The fourth-order valence-electron chi connectivity index (χ4n) is 2.91. The fourth-order valence-corrected chi connectivity index (χ4v) is 3.75.